The summed E-state index contributed by atoms with van der Waals surface area (Å²) in [6, 6.07) is 7.63. The summed E-state index contributed by atoms with van der Waals surface area (Å²) in [5, 5.41) is 31.0. The average molecular weight is 599 g/mol. The number of aromatic hydroxyl groups is 2. The van der Waals surface area contributed by atoms with Crippen LogP contribution in [-0.2, 0) is 15.9 Å². The smallest absolute Gasteiger partial charge is 0.402 e. The molecule has 0 saturated carbocycles. The second-order valence-corrected chi connectivity index (χ2v) is 10.9. The maximum atomic E-state index is 13.0. The lowest BCUT2D eigenvalue weighted by Crippen LogP contribution is -2.49. The molecule has 1 aliphatic rings. The highest BCUT2D eigenvalue weighted by Gasteiger charge is 2.39. The van der Waals surface area contributed by atoms with Crippen LogP contribution in [0.5, 0.6) is 17.2 Å². The number of methoxy groups -OCH3 is 1. The van der Waals surface area contributed by atoms with E-state index < -0.39 is 35.3 Å². The number of amides is 2. The summed E-state index contributed by atoms with van der Waals surface area (Å²) in [6.45, 7) is 9.48. The number of carbonyl (C=O) groups is 2. The summed E-state index contributed by atoms with van der Waals surface area (Å²) in [5.74, 6) is -0.526. The highest BCUT2D eigenvalue weighted by molar-refractivity contribution is 6.06. The molecule has 1 aromatic heterocycles. The molecule has 2 amide bonds. The molecule has 12 nitrogen and oxygen atoms in total. The maximum absolute atomic E-state index is 13.0. The Labute approximate surface area is 248 Å². The number of ether oxygens (including phenoxy) is 3. The molecule has 0 unspecified atom stereocenters. The van der Waals surface area contributed by atoms with E-state index in [0.717, 1.165) is 12.0 Å². The van der Waals surface area contributed by atoms with Crippen LogP contribution in [0.25, 0.3) is 11.0 Å². The van der Waals surface area contributed by atoms with Crippen molar-refractivity contribution >= 4 is 28.7 Å². The zero-order valence-electron chi connectivity index (χ0n) is 25.0. The van der Waals surface area contributed by atoms with Gasteiger partial charge in [-0.05, 0) is 83.4 Å². The van der Waals surface area contributed by atoms with Crippen LogP contribution < -0.4 is 21.4 Å². The van der Waals surface area contributed by atoms with E-state index >= 15 is 0 Å². The Kier molecular flexibility index (Phi) is 10.4. The molecule has 3 aromatic rings. The predicted molar refractivity (Wildman–Crippen MR) is 160 cm³/mol. The van der Waals surface area contributed by atoms with E-state index in [1.165, 1.54) is 12.1 Å². The van der Waals surface area contributed by atoms with Crippen molar-refractivity contribution < 1.29 is 43.5 Å². The second-order valence-electron chi connectivity index (χ2n) is 10.9. The van der Waals surface area contributed by atoms with Gasteiger partial charge in [0.2, 0.25) is 6.29 Å². The molecule has 0 radical (unpaired) electrons. The monoisotopic (exact) mass is 598 g/mol. The summed E-state index contributed by atoms with van der Waals surface area (Å²) in [7, 11) is 1.66. The summed E-state index contributed by atoms with van der Waals surface area (Å²) in [6.07, 6.45) is 1.85. The maximum Gasteiger partial charge on any atom is 0.402 e. The third-order valence-corrected chi connectivity index (χ3v) is 6.98. The standard InChI is InChI=1S/C30H35NO8.CH3NO2/c1-16(2)7-8-18-15-19(9-11-21(18)32)28(34)31-25-26(33)20-10-12-22(17(3)27(20)38-29(25)35)37-24-14-13-23(36-6)30(4,5)39-24;2-1(3)4/h7,9-12,15,23-24,32-33H,8,13-14H2,1-6H3,(H,31,34);2H2,(H,3,4)/t23-,24-;/m1./s1. The van der Waals surface area contributed by atoms with E-state index in [4.69, 9.17) is 28.5 Å². The van der Waals surface area contributed by atoms with Gasteiger partial charge in [-0.1, -0.05) is 11.6 Å². The van der Waals surface area contributed by atoms with E-state index in [9.17, 15) is 19.8 Å². The van der Waals surface area contributed by atoms with Crippen LogP contribution in [0.1, 0.15) is 62.0 Å². The number of hydrogen-bond acceptors (Lipinski definition) is 9. The van der Waals surface area contributed by atoms with Gasteiger partial charge in [-0.3, -0.25) is 4.79 Å². The average Bonchev–Trinajstić information content (AvgIpc) is 2.91. The number of rotatable bonds is 7. The third-order valence-electron chi connectivity index (χ3n) is 6.98. The Morgan fingerprint density at radius 3 is 2.44 bits per heavy atom. The molecule has 1 fully saturated rings. The predicted octanol–water partition coefficient (Wildman–Crippen LogP) is 5.21. The minimum atomic E-state index is -1.33. The number of allylic oxidation sites excluding steroid dienone is 2. The van der Waals surface area contributed by atoms with Crippen molar-refractivity contribution in [2.75, 3.05) is 12.4 Å². The fraction of sp³-hybridized carbons (Fsp3) is 0.387. The number of phenols is 1. The molecule has 4 rings (SSSR count). The number of benzene rings is 2. The number of carbonyl (C=O) groups excluding carboxylic acids is 1. The van der Waals surface area contributed by atoms with Crippen LogP contribution in [0.15, 0.2) is 51.2 Å². The number of anilines is 1. The van der Waals surface area contributed by atoms with Gasteiger partial charge in [0.15, 0.2) is 11.4 Å². The molecule has 232 valence electrons. The molecule has 2 aromatic carbocycles. The first-order valence-electron chi connectivity index (χ1n) is 13.6. The van der Waals surface area contributed by atoms with E-state index in [0.29, 0.717) is 29.7 Å². The van der Waals surface area contributed by atoms with Crippen molar-refractivity contribution in [3.8, 4) is 17.2 Å². The molecule has 0 aliphatic carbocycles. The van der Waals surface area contributed by atoms with Crippen LogP contribution in [0, 0.1) is 6.92 Å². The van der Waals surface area contributed by atoms with Crippen LogP contribution in [-0.4, -0.2) is 52.4 Å². The Balaban J connectivity index is 0.00000119. The quantitative estimate of drug-likeness (QED) is 0.178. The summed E-state index contributed by atoms with van der Waals surface area (Å²) < 4.78 is 23.2. The molecular formula is C31H38N2O10. The van der Waals surface area contributed by atoms with Gasteiger partial charge < -0.3 is 45.0 Å². The number of hydrogen-bond donors (Lipinski definition) is 5. The first-order chi connectivity index (χ1) is 20.1. The third kappa shape index (κ3) is 8.05. The minimum absolute atomic E-state index is 0.0517. The minimum Gasteiger partial charge on any atom is -0.508 e. The molecule has 2 atom stereocenters. The number of nitrogens with one attached hydrogen (secondary N) is 1. The van der Waals surface area contributed by atoms with Crippen molar-refractivity contribution in [3.05, 3.63) is 69.1 Å². The fourth-order valence-electron chi connectivity index (χ4n) is 4.73. The van der Waals surface area contributed by atoms with Gasteiger partial charge in [0.25, 0.3) is 5.91 Å². The van der Waals surface area contributed by atoms with Gasteiger partial charge in [-0.2, -0.15) is 0 Å². The molecule has 0 bridgehead atoms. The van der Waals surface area contributed by atoms with Crippen molar-refractivity contribution in [2.45, 2.75) is 71.9 Å². The zero-order valence-corrected chi connectivity index (χ0v) is 25.0. The first kappa shape index (κ1) is 33.0. The van der Waals surface area contributed by atoms with E-state index in [2.05, 4.69) is 11.1 Å². The van der Waals surface area contributed by atoms with Crippen molar-refractivity contribution in [2.24, 2.45) is 5.73 Å². The molecule has 43 heavy (non-hydrogen) atoms. The molecule has 0 spiro atoms. The van der Waals surface area contributed by atoms with Gasteiger partial charge in [-0.15, -0.1) is 0 Å². The largest absolute Gasteiger partial charge is 0.508 e. The zero-order chi connectivity index (χ0) is 32.1. The molecule has 1 aliphatic heterocycles. The molecule has 6 N–H and O–H groups in total. The topological polar surface area (TPSA) is 191 Å². The van der Waals surface area contributed by atoms with E-state index in [-0.39, 0.29) is 34.1 Å². The number of nitrogens with two attached hydrogens (primary N) is 1. The lowest BCUT2D eigenvalue weighted by Gasteiger charge is -2.41. The Bertz CT molecular complexity index is 1580. The summed E-state index contributed by atoms with van der Waals surface area (Å²) in [4.78, 5) is 34.6. The lowest BCUT2D eigenvalue weighted by molar-refractivity contribution is -0.233. The summed E-state index contributed by atoms with van der Waals surface area (Å²) >= 11 is 0. The van der Waals surface area contributed by atoms with Crippen LogP contribution in [0.2, 0.25) is 0 Å². The van der Waals surface area contributed by atoms with Crippen molar-refractivity contribution in [1.29, 1.82) is 0 Å². The fourth-order valence-corrected chi connectivity index (χ4v) is 4.73. The van der Waals surface area contributed by atoms with Crippen LogP contribution in [0.3, 0.4) is 0 Å². The highest BCUT2D eigenvalue weighted by atomic mass is 16.7. The van der Waals surface area contributed by atoms with Gasteiger partial charge in [0, 0.05) is 24.7 Å². The van der Waals surface area contributed by atoms with Gasteiger partial charge in [0.1, 0.15) is 17.1 Å². The van der Waals surface area contributed by atoms with E-state index in [1.54, 1.807) is 32.2 Å². The number of aryl methyl sites for hydroxylation is 1. The lowest BCUT2D eigenvalue weighted by atomic mass is 9.94. The number of primary amides is 1. The van der Waals surface area contributed by atoms with Crippen LogP contribution >= 0.6 is 0 Å². The Hall–Kier alpha value is -4.55. The number of carboxylic acid groups (broad SMARTS) is 1. The first-order valence-corrected chi connectivity index (χ1v) is 13.6. The van der Waals surface area contributed by atoms with Crippen LogP contribution in [0.4, 0.5) is 10.5 Å². The molecule has 1 saturated heterocycles. The Morgan fingerprint density at radius 1 is 1.16 bits per heavy atom. The van der Waals surface area contributed by atoms with Gasteiger partial charge >= 0.3 is 11.7 Å². The Morgan fingerprint density at radius 2 is 1.84 bits per heavy atom. The van der Waals surface area contributed by atoms with E-state index in [1.807, 2.05) is 33.8 Å². The molecule has 12 heteroatoms. The molecular weight excluding hydrogens is 560 g/mol. The van der Waals surface area contributed by atoms with Gasteiger partial charge in [0.05, 0.1) is 17.1 Å². The SMILES string of the molecule is CO[C@@H]1CC[C@H](Oc2ccc3c(O)c(NC(=O)c4ccc(O)c(CC=C(C)C)c4)c(=O)oc3c2C)OC1(C)C.NC(=O)O. The van der Waals surface area contributed by atoms with Crippen molar-refractivity contribution in [1.82, 2.24) is 0 Å². The molecule has 2 heterocycles. The second kappa shape index (κ2) is 13.6. The number of fused-ring (bicyclic) bond motifs is 1. The normalized spacial score (nSPS) is 17.3. The summed E-state index contributed by atoms with van der Waals surface area (Å²) in [5.41, 5.74) is 4.71. The van der Waals surface area contributed by atoms with Crippen molar-refractivity contribution in [3.63, 3.8) is 0 Å². The number of phenolic OH excluding ortho intramolecular Hbond substituents is 1. The van der Waals surface area contributed by atoms with Gasteiger partial charge in [-0.25, -0.2) is 9.59 Å². The highest BCUT2D eigenvalue weighted by Crippen LogP contribution is 2.37.